The van der Waals surface area contributed by atoms with Crippen LogP contribution in [0.15, 0.2) is 47.4 Å². The lowest BCUT2D eigenvalue weighted by atomic mass is 10.1. The van der Waals surface area contributed by atoms with Crippen LogP contribution in [0, 0.1) is 0 Å². The normalized spacial score (nSPS) is 13.4. The monoisotopic (exact) mass is 324 g/mol. The Hall–Kier alpha value is -3.75. The van der Waals surface area contributed by atoms with Crippen molar-refractivity contribution in [3.8, 4) is 0 Å². The highest BCUT2D eigenvalue weighted by molar-refractivity contribution is 6.21. The van der Waals surface area contributed by atoms with Crippen LogP contribution in [-0.2, 0) is 4.84 Å². The molecule has 0 unspecified atom stereocenters. The number of nitrogens with one attached hydrogen (secondary N) is 1. The fraction of sp³-hybridized carbons (Fsp3) is 0. The van der Waals surface area contributed by atoms with Crippen molar-refractivity contribution >= 4 is 23.4 Å². The number of fused-ring (bicyclic) bond motifs is 2. The Kier molecular flexibility index (Phi) is 2.82. The van der Waals surface area contributed by atoms with Crippen molar-refractivity contribution < 1.29 is 19.2 Å². The quantitative estimate of drug-likeness (QED) is 0.682. The van der Waals surface area contributed by atoms with E-state index in [0.717, 1.165) is 4.40 Å². The summed E-state index contributed by atoms with van der Waals surface area (Å²) >= 11 is 0. The standard InChI is InChI=1S/C15H8N4O5/c20-12-9-3-1-2-4-10(9)13(21)19(12)24-14(22)8-5-6-11-16-17-15(23)18(11)7-8/h1-7H,(H,17,23). The molecule has 118 valence electrons. The minimum Gasteiger partial charge on any atom is -0.324 e. The number of imide groups is 1. The highest BCUT2D eigenvalue weighted by atomic mass is 16.7. The van der Waals surface area contributed by atoms with Crippen molar-refractivity contribution in [1.82, 2.24) is 19.7 Å². The van der Waals surface area contributed by atoms with Crippen LogP contribution in [0.2, 0.25) is 0 Å². The first-order chi connectivity index (χ1) is 11.6. The number of carbonyl (C=O) groups is 3. The van der Waals surface area contributed by atoms with Crippen molar-refractivity contribution in [1.29, 1.82) is 0 Å². The predicted octanol–water partition coefficient (Wildman–Crippen LogP) is 0.391. The first-order valence-electron chi connectivity index (χ1n) is 6.83. The number of carbonyl (C=O) groups excluding carboxylic acids is 3. The molecule has 1 aliphatic rings. The number of hydrogen-bond acceptors (Lipinski definition) is 6. The number of aromatic nitrogens is 3. The molecule has 0 saturated carbocycles. The number of amides is 2. The first-order valence-corrected chi connectivity index (χ1v) is 6.83. The lowest BCUT2D eigenvalue weighted by Gasteiger charge is -2.12. The van der Waals surface area contributed by atoms with Crippen LogP contribution in [-0.4, -0.2) is 37.4 Å². The molecule has 9 heteroatoms. The molecule has 0 aliphatic carbocycles. The van der Waals surface area contributed by atoms with Crippen LogP contribution >= 0.6 is 0 Å². The Morgan fingerprint density at radius 3 is 2.33 bits per heavy atom. The Bertz CT molecular complexity index is 1050. The third kappa shape index (κ3) is 1.92. The van der Waals surface area contributed by atoms with E-state index in [2.05, 4.69) is 10.2 Å². The molecule has 24 heavy (non-hydrogen) atoms. The Morgan fingerprint density at radius 1 is 1.00 bits per heavy atom. The number of rotatable bonds is 2. The van der Waals surface area contributed by atoms with Crippen LogP contribution < -0.4 is 5.69 Å². The van der Waals surface area contributed by atoms with E-state index in [1.165, 1.54) is 30.5 Å². The van der Waals surface area contributed by atoms with Crippen molar-refractivity contribution in [2.24, 2.45) is 0 Å². The molecule has 3 aromatic rings. The van der Waals surface area contributed by atoms with Gasteiger partial charge >= 0.3 is 11.7 Å². The number of hydrogen-bond donors (Lipinski definition) is 1. The molecule has 0 radical (unpaired) electrons. The summed E-state index contributed by atoms with van der Waals surface area (Å²) in [4.78, 5) is 53.0. The average molecular weight is 324 g/mol. The summed E-state index contributed by atoms with van der Waals surface area (Å²) in [6.45, 7) is 0. The van der Waals surface area contributed by atoms with Gasteiger partial charge in [-0.25, -0.2) is 19.1 Å². The van der Waals surface area contributed by atoms with Gasteiger partial charge < -0.3 is 4.84 Å². The molecule has 9 nitrogen and oxygen atoms in total. The number of hydroxylamine groups is 2. The molecule has 4 rings (SSSR count). The molecule has 0 atom stereocenters. The van der Waals surface area contributed by atoms with Crippen LogP contribution in [0.3, 0.4) is 0 Å². The summed E-state index contributed by atoms with van der Waals surface area (Å²) in [5.74, 6) is -2.38. The van der Waals surface area contributed by atoms with Crippen molar-refractivity contribution in [3.05, 3.63) is 69.8 Å². The molecule has 0 saturated heterocycles. The summed E-state index contributed by atoms with van der Waals surface area (Å²) in [6, 6.07) is 8.96. The molecular weight excluding hydrogens is 316 g/mol. The second kappa shape index (κ2) is 4.88. The summed E-state index contributed by atoms with van der Waals surface area (Å²) in [7, 11) is 0. The minimum absolute atomic E-state index is 0.0115. The number of benzene rings is 1. The molecule has 2 amide bonds. The third-order valence-corrected chi connectivity index (χ3v) is 3.58. The van der Waals surface area contributed by atoms with Crippen LogP contribution in [0.25, 0.3) is 5.65 Å². The Labute approximate surface area is 133 Å². The highest BCUT2D eigenvalue weighted by Crippen LogP contribution is 2.23. The maximum absolute atomic E-state index is 12.2. The predicted molar refractivity (Wildman–Crippen MR) is 78.2 cm³/mol. The Morgan fingerprint density at radius 2 is 1.67 bits per heavy atom. The van der Waals surface area contributed by atoms with E-state index in [4.69, 9.17) is 4.84 Å². The zero-order valence-corrected chi connectivity index (χ0v) is 11.9. The number of H-pyrrole nitrogens is 1. The van der Waals surface area contributed by atoms with Gasteiger partial charge in [0, 0.05) is 6.20 Å². The van der Waals surface area contributed by atoms with Crippen LogP contribution in [0.1, 0.15) is 31.1 Å². The van der Waals surface area contributed by atoms with Crippen molar-refractivity contribution in [2.75, 3.05) is 0 Å². The van der Waals surface area contributed by atoms with Gasteiger partial charge in [0.15, 0.2) is 5.65 Å². The summed E-state index contributed by atoms with van der Waals surface area (Å²) in [5, 5.41) is 6.37. The van der Waals surface area contributed by atoms with Gasteiger partial charge in [-0.2, -0.15) is 5.10 Å². The smallest absolute Gasteiger partial charge is 0.324 e. The summed E-state index contributed by atoms with van der Waals surface area (Å²) < 4.78 is 1.11. The van der Waals surface area contributed by atoms with Gasteiger partial charge in [0.1, 0.15) is 0 Å². The van der Waals surface area contributed by atoms with E-state index in [1.807, 2.05) is 0 Å². The molecule has 0 bridgehead atoms. The fourth-order valence-corrected chi connectivity index (χ4v) is 2.41. The maximum atomic E-state index is 12.2. The lowest BCUT2D eigenvalue weighted by molar-refractivity contribution is -0.0584. The number of pyridine rings is 1. The van der Waals surface area contributed by atoms with E-state index in [-0.39, 0.29) is 16.7 Å². The van der Waals surface area contributed by atoms with Gasteiger partial charge in [-0.15, -0.1) is 0 Å². The maximum Gasteiger partial charge on any atom is 0.365 e. The average Bonchev–Trinajstić information content (AvgIpc) is 3.08. The lowest BCUT2D eigenvalue weighted by Crippen LogP contribution is -2.32. The zero-order chi connectivity index (χ0) is 16.8. The molecule has 1 aliphatic heterocycles. The molecule has 1 aromatic carbocycles. The Balaban J connectivity index is 1.64. The number of aromatic amines is 1. The van der Waals surface area contributed by atoms with E-state index < -0.39 is 23.5 Å². The zero-order valence-electron chi connectivity index (χ0n) is 11.9. The second-order valence-electron chi connectivity index (χ2n) is 5.00. The molecule has 1 N–H and O–H groups in total. The van der Waals surface area contributed by atoms with Gasteiger partial charge in [0.05, 0.1) is 16.7 Å². The largest absolute Gasteiger partial charge is 0.365 e. The third-order valence-electron chi connectivity index (χ3n) is 3.58. The minimum atomic E-state index is -0.945. The SMILES string of the molecule is O=C(ON1C(=O)c2ccccc2C1=O)c1ccc2n[nH]c(=O)n2c1. The summed E-state index contributed by atoms with van der Waals surface area (Å²) in [6.07, 6.45) is 1.21. The van der Waals surface area contributed by atoms with Gasteiger partial charge in [0.2, 0.25) is 0 Å². The van der Waals surface area contributed by atoms with Crippen molar-refractivity contribution in [2.45, 2.75) is 0 Å². The van der Waals surface area contributed by atoms with Crippen LogP contribution in [0.5, 0.6) is 0 Å². The van der Waals surface area contributed by atoms with E-state index in [9.17, 15) is 19.2 Å². The topological polar surface area (TPSA) is 114 Å². The van der Waals surface area contributed by atoms with Gasteiger partial charge in [-0.3, -0.25) is 9.59 Å². The molecule has 2 aromatic heterocycles. The second-order valence-corrected chi connectivity index (χ2v) is 5.00. The molecule has 3 heterocycles. The van der Waals surface area contributed by atoms with Crippen molar-refractivity contribution in [3.63, 3.8) is 0 Å². The number of nitrogens with zero attached hydrogens (tertiary/aromatic N) is 3. The highest BCUT2D eigenvalue weighted by Gasteiger charge is 2.38. The van der Waals surface area contributed by atoms with Gasteiger partial charge in [0.25, 0.3) is 11.8 Å². The van der Waals surface area contributed by atoms with E-state index in [0.29, 0.717) is 10.7 Å². The molecule has 0 spiro atoms. The van der Waals surface area contributed by atoms with E-state index in [1.54, 1.807) is 12.1 Å². The van der Waals surface area contributed by atoms with Gasteiger partial charge in [-0.05, 0) is 24.3 Å². The molecule has 0 fully saturated rings. The van der Waals surface area contributed by atoms with E-state index >= 15 is 0 Å². The first kappa shape index (κ1) is 13.9. The van der Waals surface area contributed by atoms with Crippen LogP contribution in [0.4, 0.5) is 0 Å². The molecular formula is C15H8N4O5. The summed E-state index contributed by atoms with van der Waals surface area (Å²) in [5.41, 5.74) is 0.105. The van der Waals surface area contributed by atoms with Gasteiger partial charge in [-0.1, -0.05) is 17.2 Å². The fourth-order valence-electron chi connectivity index (χ4n) is 2.41.